The summed E-state index contributed by atoms with van der Waals surface area (Å²) in [6, 6.07) is 6.62. The first-order valence-corrected chi connectivity index (χ1v) is 7.80. The SMILES string of the molecule is CC(CS(C)=O)Nc1ccnc2c([N+](=O)[O-])cccc12. The zero-order valence-corrected chi connectivity index (χ0v) is 12.0. The Bertz CT molecular complexity index is 675. The van der Waals surface area contributed by atoms with Crippen molar-refractivity contribution in [2.24, 2.45) is 0 Å². The molecule has 20 heavy (non-hydrogen) atoms. The Morgan fingerprint density at radius 3 is 2.85 bits per heavy atom. The van der Waals surface area contributed by atoms with Gasteiger partial charge in [0.25, 0.3) is 5.69 Å². The van der Waals surface area contributed by atoms with Gasteiger partial charge < -0.3 is 5.32 Å². The van der Waals surface area contributed by atoms with Gasteiger partial charge >= 0.3 is 0 Å². The van der Waals surface area contributed by atoms with Crippen molar-refractivity contribution in [2.75, 3.05) is 17.3 Å². The van der Waals surface area contributed by atoms with E-state index < -0.39 is 15.7 Å². The minimum Gasteiger partial charge on any atom is -0.381 e. The zero-order valence-electron chi connectivity index (χ0n) is 11.2. The fourth-order valence-corrected chi connectivity index (χ4v) is 2.88. The van der Waals surface area contributed by atoms with Gasteiger partial charge in [-0.3, -0.25) is 14.3 Å². The van der Waals surface area contributed by atoms with Gasteiger partial charge in [-0.15, -0.1) is 0 Å². The molecule has 0 aliphatic rings. The second-order valence-corrected chi connectivity index (χ2v) is 6.05. The number of para-hydroxylation sites is 1. The fourth-order valence-electron chi connectivity index (χ4n) is 2.09. The second-order valence-electron chi connectivity index (χ2n) is 4.57. The molecule has 1 aromatic carbocycles. The molecule has 1 N–H and O–H groups in total. The Morgan fingerprint density at radius 1 is 1.45 bits per heavy atom. The molecule has 106 valence electrons. The van der Waals surface area contributed by atoms with Gasteiger partial charge in [0, 0.05) is 52.2 Å². The number of nitrogens with one attached hydrogen (secondary N) is 1. The van der Waals surface area contributed by atoms with E-state index in [2.05, 4.69) is 10.3 Å². The summed E-state index contributed by atoms with van der Waals surface area (Å²) in [6.45, 7) is 1.92. The normalized spacial score (nSPS) is 13.9. The quantitative estimate of drug-likeness (QED) is 0.675. The average Bonchev–Trinajstić information content (AvgIpc) is 2.37. The molecule has 0 aliphatic heterocycles. The van der Waals surface area contributed by atoms with Gasteiger partial charge in [0.15, 0.2) is 0 Å². The number of pyridine rings is 1. The number of aromatic nitrogens is 1. The molecule has 0 spiro atoms. The lowest BCUT2D eigenvalue weighted by molar-refractivity contribution is -0.383. The molecule has 0 fully saturated rings. The lowest BCUT2D eigenvalue weighted by Crippen LogP contribution is -2.22. The first-order chi connectivity index (χ1) is 9.49. The van der Waals surface area contributed by atoms with Crippen LogP contribution in [0.4, 0.5) is 11.4 Å². The summed E-state index contributed by atoms with van der Waals surface area (Å²) in [4.78, 5) is 14.6. The number of nitrogens with zero attached hydrogens (tertiary/aromatic N) is 2. The van der Waals surface area contributed by atoms with Gasteiger partial charge in [-0.05, 0) is 13.0 Å². The smallest absolute Gasteiger partial charge is 0.295 e. The molecule has 0 radical (unpaired) electrons. The van der Waals surface area contributed by atoms with Gasteiger partial charge in [-0.25, -0.2) is 4.98 Å². The summed E-state index contributed by atoms with van der Waals surface area (Å²) >= 11 is 0. The van der Waals surface area contributed by atoms with Crippen molar-refractivity contribution in [2.45, 2.75) is 13.0 Å². The first kappa shape index (κ1) is 14.4. The van der Waals surface area contributed by atoms with E-state index in [9.17, 15) is 14.3 Å². The first-order valence-electron chi connectivity index (χ1n) is 6.07. The average molecular weight is 293 g/mol. The van der Waals surface area contributed by atoms with Crippen LogP contribution >= 0.6 is 0 Å². The molecule has 2 atom stereocenters. The van der Waals surface area contributed by atoms with Gasteiger partial charge in [-0.1, -0.05) is 12.1 Å². The molecule has 7 heteroatoms. The van der Waals surface area contributed by atoms with Crippen LogP contribution in [0.1, 0.15) is 6.92 Å². The Labute approximate surface area is 118 Å². The molecule has 2 rings (SSSR count). The predicted octanol–water partition coefficient (Wildman–Crippen LogP) is 2.32. The number of nitro benzene ring substituents is 1. The molecule has 0 aliphatic carbocycles. The highest BCUT2D eigenvalue weighted by Gasteiger charge is 2.15. The molecule has 1 heterocycles. The second kappa shape index (κ2) is 5.96. The molecule has 1 aromatic heterocycles. The molecule has 0 amide bonds. The van der Waals surface area contributed by atoms with E-state index in [-0.39, 0.29) is 11.7 Å². The van der Waals surface area contributed by atoms with Gasteiger partial charge in [0.2, 0.25) is 0 Å². The summed E-state index contributed by atoms with van der Waals surface area (Å²) in [5.41, 5.74) is 1.10. The monoisotopic (exact) mass is 293 g/mol. The highest BCUT2D eigenvalue weighted by atomic mass is 32.2. The number of anilines is 1. The predicted molar refractivity (Wildman–Crippen MR) is 80.4 cm³/mol. The Balaban J connectivity index is 2.42. The van der Waals surface area contributed by atoms with Gasteiger partial charge in [-0.2, -0.15) is 0 Å². The molecule has 2 unspecified atom stereocenters. The van der Waals surface area contributed by atoms with Crippen LogP contribution in [0.2, 0.25) is 0 Å². The van der Waals surface area contributed by atoms with Crippen molar-refractivity contribution >= 4 is 33.1 Å². The maximum absolute atomic E-state index is 11.2. The standard InChI is InChI=1S/C13H15N3O3S/c1-9(8-20(2)19)15-11-6-7-14-13-10(11)4-3-5-12(13)16(17)18/h3-7,9H,8H2,1-2H3,(H,14,15). The number of hydrogen-bond donors (Lipinski definition) is 1. The van der Waals surface area contributed by atoms with Gasteiger partial charge in [0.05, 0.1) is 4.92 Å². The largest absolute Gasteiger partial charge is 0.381 e. The topological polar surface area (TPSA) is 85.1 Å². The summed E-state index contributed by atoms with van der Waals surface area (Å²) in [5, 5.41) is 14.9. The Kier molecular flexibility index (Phi) is 4.29. The van der Waals surface area contributed by atoms with Crippen molar-refractivity contribution in [1.82, 2.24) is 4.98 Å². The molecular weight excluding hydrogens is 278 g/mol. The van der Waals surface area contributed by atoms with Crippen LogP contribution in [0.15, 0.2) is 30.5 Å². The Morgan fingerprint density at radius 2 is 2.20 bits per heavy atom. The summed E-state index contributed by atoms with van der Waals surface area (Å²) in [6.07, 6.45) is 3.18. The highest BCUT2D eigenvalue weighted by molar-refractivity contribution is 7.84. The number of benzene rings is 1. The molecule has 0 saturated carbocycles. The maximum Gasteiger partial charge on any atom is 0.295 e. The van der Waals surface area contributed by atoms with Crippen molar-refractivity contribution in [3.8, 4) is 0 Å². The minimum absolute atomic E-state index is 0.00527. The summed E-state index contributed by atoms with van der Waals surface area (Å²) < 4.78 is 11.2. The zero-order chi connectivity index (χ0) is 14.7. The van der Waals surface area contributed by atoms with Gasteiger partial charge in [0.1, 0.15) is 5.52 Å². The van der Waals surface area contributed by atoms with E-state index in [1.165, 1.54) is 12.3 Å². The van der Waals surface area contributed by atoms with E-state index in [1.54, 1.807) is 24.5 Å². The number of rotatable bonds is 5. The van der Waals surface area contributed by atoms with Crippen LogP contribution in [0.3, 0.4) is 0 Å². The van der Waals surface area contributed by atoms with Crippen LogP contribution in [-0.4, -0.2) is 32.2 Å². The summed E-state index contributed by atoms with van der Waals surface area (Å²) in [5.74, 6) is 0.513. The highest BCUT2D eigenvalue weighted by Crippen LogP contribution is 2.28. The third kappa shape index (κ3) is 3.11. The molecule has 0 bridgehead atoms. The van der Waals surface area contributed by atoms with Crippen molar-refractivity contribution in [1.29, 1.82) is 0 Å². The van der Waals surface area contributed by atoms with E-state index in [0.717, 1.165) is 5.69 Å². The van der Waals surface area contributed by atoms with E-state index in [0.29, 0.717) is 16.7 Å². The summed E-state index contributed by atoms with van der Waals surface area (Å²) in [7, 11) is -0.901. The van der Waals surface area contributed by atoms with Crippen molar-refractivity contribution < 1.29 is 9.13 Å². The number of hydrogen-bond acceptors (Lipinski definition) is 5. The van der Waals surface area contributed by atoms with Crippen LogP contribution in [-0.2, 0) is 10.8 Å². The third-order valence-corrected chi connectivity index (χ3v) is 3.80. The lowest BCUT2D eigenvalue weighted by atomic mass is 10.1. The maximum atomic E-state index is 11.2. The van der Waals surface area contributed by atoms with Crippen molar-refractivity contribution in [3.63, 3.8) is 0 Å². The third-order valence-electron chi connectivity index (χ3n) is 2.83. The molecule has 6 nitrogen and oxygen atoms in total. The molecular formula is C13H15N3O3S. The molecule has 0 saturated heterocycles. The molecule has 2 aromatic rings. The van der Waals surface area contributed by atoms with E-state index in [4.69, 9.17) is 0 Å². The van der Waals surface area contributed by atoms with Crippen LogP contribution in [0.5, 0.6) is 0 Å². The van der Waals surface area contributed by atoms with E-state index >= 15 is 0 Å². The minimum atomic E-state index is -0.901. The fraction of sp³-hybridized carbons (Fsp3) is 0.308. The van der Waals surface area contributed by atoms with Crippen molar-refractivity contribution in [3.05, 3.63) is 40.6 Å². The number of non-ortho nitro benzene ring substituents is 1. The number of fused-ring (bicyclic) bond motifs is 1. The number of nitro groups is 1. The van der Waals surface area contributed by atoms with E-state index in [1.807, 2.05) is 6.92 Å². The lowest BCUT2D eigenvalue weighted by Gasteiger charge is -2.15. The van der Waals surface area contributed by atoms with Crippen LogP contribution in [0.25, 0.3) is 10.9 Å². The van der Waals surface area contributed by atoms with Crippen LogP contribution in [0, 0.1) is 10.1 Å². The Hall–Kier alpha value is -2.02. The van der Waals surface area contributed by atoms with Crippen LogP contribution < -0.4 is 5.32 Å².